The number of anilines is 1. The average Bonchev–Trinajstić information content (AvgIpc) is 2.56. The minimum atomic E-state index is 0.675. The van der Waals surface area contributed by atoms with Gasteiger partial charge in [-0.05, 0) is 47.2 Å². The van der Waals surface area contributed by atoms with Crippen molar-refractivity contribution < 1.29 is 0 Å². The highest BCUT2D eigenvalue weighted by Gasteiger charge is 2.20. The molecule has 2 nitrogen and oxygen atoms in total. The van der Waals surface area contributed by atoms with Gasteiger partial charge in [0.2, 0.25) is 0 Å². The number of amidine groups is 1. The first-order valence-electron chi connectivity index (χ1n) is 4.48. The molecule has 0 saturated carbocycles. The van der Waals surface area contributed by atoms with Crippen LogP contribution in [0.2, 0.25) is 5.02 Å². The highest BCUT2D eigenvalue weighted by Crippen LogP contribution is 2.30. The van der Waals surface area contributed by atoms with Gasteiger partial charge in [0.05, 0.1) is 10.7 Å². The summed E-state index contributed by atoms with van der Waals surface area (Å²) in [5.41, 5.74) is 0.973. The molecule has 1 saturated heterocycles. The molecule has 1 aromatic carbocycles. The van der Waals surface area contributed by atoms with Crippen molar-refractivity contribution in [3.63, 3.8) is 0 Å². The Morgan fingerprint density at radius 2 is 2.21 bits per heavy atom. The van der Waals surface area contributed by atoms with E-state index in [1.54, 1.807) is 0 Å². The van der Waals surface area contributed by atoms with Crippen LogP contribution in [-0.4, -0.2) is 12.4 Å². The zero-order chi connectivity index (χ0) is 10.1. The number of hydrogen-bond acceptors (Lipinski definition) is 1. The van der Waals surface area contributed by atoms with E-state index < -0.39 is 0 Å². The minimum Gasteiger partial charge on any atom is -0.329 e. The van der Waals surface area contributed by atoms with Gasteiger partial charge in [-0.3, -0.25) is 5.41 Å². The summed E-state index contributed by atoms with van der Waals surface area (Å²) in [5, 5.41) is 8.51. The number of halogens is 2. The van der Waals surface area contributed by atoms with E-state index in [-0.39, 0.29) is 0 Å². The Labute approximate surface area is 102 Å². The van der Waals surface area contributed by atoms with E-state index in [0.717, 1.165) is 33.7 Å². The highest BCUT2D eigenvalue weighted by atomic mass is 127. The highest BCUT2D eigenvalue weighted by molar-refractivity contribution is 14.1. The first-order valence-corrected chi connectivity index (χ1v) is 5.94. The van der Waals surface area contributed by atoms with Gasteiger partial charge in [-0.25, -0.2) is 0 Å². The summed E-state index contributed by atoms with van der Waals surface area (Å²) in [4.78, 5) is 1.99. The Balaban J connectivity index is 2.39. The lowest BCUT2D eigenvalue weighted by molar-refractivity contribution is 0.956. The molecule has 0 aromatic heterocycles. The number of benzene rings is 1. The third-order valence-electron chi connectivity index (χ3n) is 2.32. The van der Waals surface area contributed by atoms with Crippen LogP contribution < -0.4 is 4.90 Å². The molecule has 1 fully saturated rings. The van der Waals surface area contributed by atoms with Crippen LogP contribution in [-0.2, 0) is 0 Å². The predicted molar refractivity (Wildman–Crippen MR) is 68.5 cm³/mol. The van der Waals surface area contributed by atoms with Crippen LogP contribution in [0.25, 0.3) is 0 Å². The summed E-state index contributed by atoms with van der Waals surface area (Å²) in [6, 6.07) is 5.90. The second-order valence-electron chi connectivity index (χ2n) is 3.30. The SMILES string of the molecule is N=C1CCCN1c1cc(I)ccc1Cl. The maximum absolute atomic E-state index is 7.78. The Hall–Kier alpha value is -0.290. The topological polar surface area (TPSA) is 27.1 Å². The van der Waals surface area contributed by atoms with E-state index in [4.69, 9.17) is 17.0 Å². The lowest BCUT2D eigenvalue weighted by atomic mass is 10.3. The molecule has 0 unspecified atom stereocenters. The van der Waals surface area contributed by atoms with Crippen LogP contribution in [0, 0.1) is 8.98 Å². The number of rotatable bonds is 1. The number of hydrogen-bond donors (Lipinski definition) is 1. The third-order valence-corrected chi connectivity index (χ3v) is 3.31. The van der Waals surface area contributed by atoms with Gasteiger partial charge in [-0.15, -0.1) is 0 Å². The van der Waals surface area contributed by atoms with E-state index >= 15 is 0 Å². The molecule has 1 N–H and O–H groups in total. The second kappa shape index (κ2) is 4.06. The van der Waals surface area contributed by atoms with Crippen molar-refractivity contribution >= 4 is 45.7 Å². The number of nitrogens with zero attached hydrogens (tertiary/aromatic N) is 1. The lowest BCUT2D eigenvalue weighted by Crippen LogP contribution is -2.23. The summed E-state index contributed by atoms with van der Waals surface area (Å²) in [6.45, 7) is 0.915. The van der Waals surface area contributed by atoms with E-state index in [9.17, 15) is 0 Å². The van der Waals surface area contributed by atoms with E-state index in [1.807, 2.05) is 23.1 Å². The molecule has 0 atom stereocenters. The maximum atomic E-state index is 7.78. The molecule has 1 aliphatic heterocycles. The van der Waals surface area contributed by atoms with Crippen molar-refractivity contribution in [1.82, 2.24) is 0 Å². The molecule has 0 amide bonds. The fraction of sp³-hybridized carbons (Fsp3) is 0.300. The summed E-state index contributed by atoms with van der Waals surface area (Å²) in [6.07, 6.45) is 1.92. The molecule has 74 valence electrons. The van der Waals surface area contributed by atoms with Crippen molar-refractivity contribution in [3.8, 4) is 0 Å². The van der Waals surface area contributed by atoms with Crippen LogP contribution in [0.1, 0.15) is 12.8 Å². The molecule has 1 aliphatic rings. The summed E-state index contributed by atoms with van der Waals surface area (Å²) < 4.78 is 1.15. The van der Waals surface area contributed by atoms with Gasteiger partial charge in [0.1, 0.15) is 5.84 Å². The Kier molecular flexibility index (Phi) is 2.97. The normalized spacial score (nSPS) is 16.4. The fourth-order valence-corrected chi connectivity index (χ4v) is 2.33. The Morgan fingerprint density at radius 1 is 1.43 bits per heavy atom. The molecule has 0 aliphatic carbocycles. The molecule has 1 aromatic rings. The first-order chi connectivity index (χ1) is 6.68. The predicted octanol–water partition coefficient (Wildman–Crippen LogP) is 3.52. The third kappa shape index (κ3) is 1.88. The van der Waals surface area contributed by atoms with Crippen molar-refractivity contribution in [2.24, 2.45) is 0 Å². The Bertz CT molecular complexity index is 378. The van der Waals surface area contributed by atoms with E-state index in [0.29, 0.717) is 5.84 Å². The molecule has 1 heterocycles. The second-order valence-corrected chi connectivity index (χ2v) is 4.95. The molecule has 2 rings (SSSR count). The van der Waals surface area contributed by atoms with Crippen molar-refractivity contribution in [1.29, 1.82) is 5.41 Å². The van der Waals surface area contributed by atoms with Crippen LogP contribution >= 0.6 is 34.2 Å². The number of nitrogens with one attached hydrogen (secondary N) is 1. The quantitative estimate of drug-likeness (QED) is 0.788. The maximum Gasteiger partial charge on any atom is 0.100 e. The van der Waals surface area contributed by atoms with Crippen LogP contribution in [0.4, 0.5) is 5.69 Å². The van der Waals surface area contributed by atoms with Crippen LogP contribution in [0.15, 0.2) is 18.2 Å². The van der Waals surface area contributed by atoms with Crippen molar-refractivity contribution in [2.75, 3.05) is 11.4 Å². The molecular weight excluding hydrogens is 310 g/mol. The Morgan fingerprint density at radius 3 is 2.86 bits per heavy atom. The van der Waals surface area contributed by atoms with E-state index in [1.165, 1.54) is 0 Å². The van der Waals surface area contributed by atoms with Gasteiger partial charge in [-0.2, -0.15) is 0 Å². The first kappa shape index (κ1) is 10.2. The average molecular weight is 321 g/mol. The molecular formula is C10H10ClIN2. The molecule has 0 bridgehead atoms. The zero-order valence-corrected chi connectivity index (χ0v) is 10.5. The minimum absolute atomic E-state index is 0.675. The standard InChI is InChI=1S/C10H10ClIN2/c11-8-4-3-7(12)6-9(8)14-5-1-2-10(14)13/h3-4,6,13H,1-2,5H2. The molecule has 0 spiro atoms. The smallest absolute Gasteiger partial charge is 0.100 e. The van der Waals surface area contributed by atoms with E-state index in [2.05, 4.69) is 22.6 Å². The fourth-order valence-electron chi connectivity index (χ4n) is 1.63. The largest absolute Gasteiger partial charge is 0.329 e. The van der Waals surface area contributed by atoms with Gasteiger partial charge < -0.3 is 4.90 Å². The summed E-state index contributed by atoms with van der Waals surface area (Å²) in [5.74, 6) is 0.675. The van der Waals surface area contributed by atoms with Crippen molar-refractivity contribution in [2.45, 2.75) is 12.8 Å². The van der Waals surface area contributed by atoms with Gasteiger partial charge in [-0.1, -0.05) is 11.6 Å². The summed E-state index contributed by atoms with van der Waals surface area (Å²) in [7, 11) is 0. The van der Waals surface area contributed by atoms with Gasteiger partial charge in [0.25, 0.3) is 0 Å². The molecule has 14 heavy (non-hydrogen) atoms. The van der Waals surface area contributed by atoms with Crippen LogP contribution in [0.5, 0.6) is 0 Å². The van der Waals surface area contributed by atoms with Gasteiger partial charge in [0.15, 0.2) is 0 Å². The molecule has 4 heteroatoms. The zero-order valence-electron chi connectivity index (χ0n) is 7.56. The summed E-state index contributed by atoms with van der Waals surface area (Å²) >= 11 is 8.36. The van der Waals surface area contributed by atoms with Crippen LogP contribution in [0.3, 0.4) is 0 Å². The lowest BCUT2D eigenvalue weighted by Gasteiger charge is -2.19. The van der Waals surface area contributed by atoms with Crippen molar-refractivity contribution in [3.05, 3.63) is 26.8 Å². The van der Waals surface area contributed by atoms with Gasteiger partial charge >= 0.3 is 0 Å². The molecule has 0 radical (unpaired) electrons. The van der Waals surface area contributed by atoms with Gasteiger partial charge in [0, 0.05) is 16.5 Å². The monoisotopic (exact) mass is 320 g/mol.